The zero-order valence-electron chi connectivity index (χ0n) is 13.7. The van der Waals surface area contributed by atoms with Gasteiger partial charge in [-0.25, -0.2) is 0 Å². The molecule has 0 aromatic carbocycles. The Hall–Kier alpha value is -0.0800. The second-order valence-corrected chi connectivity index (χ2v) is 7.83. The van der Waals surface area contributed by atoms with E-state index in [-0.39, 0.29) is 0 Å². The summed E-state index contributed by atoms with van der Waals surface area (Å²) in [6.07, 6.45) is 6.98. The summed E-state index contributed by atoms with van der Waals surface area (Å²) in [7, 11) is 2.16. The summed E-state index contributed by atoms with van der Waals surface area (Å²) in [5.74, 6) is 2.65. The van der Waals surface area contributed by atoms with E-state index in [1.165, 1.54) is 45.2 Å². The van der Waals surface area contributed by atoms with Gasteiger partial charge in [-0.05, 0) is 77.3 Å². The first-order valence-electron chi connectivity index (χ1n) is 8.36. The molecule has 0 aromatic rings. The summed E-state index contributed by atoms with van der Waals surface area (Å²) in [5, 5.41) is 3.59. The number of nitrogens with one attached hydrogen (secondary N) is 1. The Morgan fingerprint density at radius 2 is 2.00 bits per heavy atom. The van der Waals surface area contributed by atoms with E-state index in [9.17, 15) is 0 Å². The van der Waals surface area contributed by atoms with Crippen LogP contribution in [0.2, 0.25) is 0 Å². The fraction of sp³-hybridized carbons (Fsp3) is 1.00. The minimum atomic E-state index is 0.434. The van der Waals surface area contributed by atoms with Crippen molar-refractivity contribution in [2.24, 2.45) is 17.8 Å². The Bertz CT molecular complexity index is 285. The van der Waals surface area contributed by atoms with Gasteiger partial charge in [-0.15, -0.1) is 0 Å². The van der Waals surface area contributed by atoms with Crippen LogP contribution in [0.1, 0.15) is 59.8 Å². The first kappa shape index (κ1) is 15.3. The molecule has 1 aliphatic heterocycles. The number of hydrogen-bond acceptors (Lipinski definition) is 2. The van der Waals surface area contributed by atoms with Crippen LogP contribution in [0.5, 0.6) is 0 Å². The molecule has 2 fully saturated rings. The predicted molar refractivity (Wildman–Crippen MR) is 83.4 cm³/mol. The molecule has 2 nitrogen and oxygen atoms in total. The average molecular weight is 266 g/mol. The molecule has 0 radical (unpaired) electrons. The van der Waals surface area contributed by atoms with Gasteiger partial charge in [-0.1, -0.05) is 13.8 Å². The maximum atomic E-state index is 3.59. The van der Waals surface area contributed by atoms with Gasteiger partial charge in [0.2, 0.25) is 0 Å². The SMILES string of the molecule is CNC1CCC(C(C)C)CC1CN1CCCC1(C)C. The van der Waals surface area contributed by atoms with Crippen molar-refractivity contribution < 1.29 is 0 Å². The van der Waals surface area contributed by atoms with Crippen LogP contribution < -0.4 is 5.32 Å². The van der Waals surface area contributed by atoms with Gasteiger partial charge >= 0.3 is 0 Å². The highest BCUT2D eigenvalue weighted by atomic mass is 15.2. The standard InChI is InChI=1S/C17H34N2/c1-13(2)14-7-8-16(18-5)15(11-14)12-19-10-6-9-17(19,3)4/h13-16,18H,6-12H2,1-5H3. The van der Waals surface area contributed by atoms with E-state index in [1.807, 2.05) is 0 Å². The molecule has 0 amide bonds. The van der Waals surface area contributed by atoms with Crippen molar-refractivity contribution in [2.45, 2.75) is 71.4 Å². The topological polar surface area (TPSA) is 15.3 Å². The molecule has 1 heterocycles. The molecular weight excluding hydrogens is 232 g/mol. The highest BCUT2D eigenvalue weighted by Gasteiger charge is 2.37. The number of rotatable bonds is 4. The maximum absolute atomic E-state index is 3.59. The van der Waals surface area contributed by atoms with Crippen molar-refractivity contribution in [1.82, 2.24) is 10.2 Å². The van der Waals surface area contributed by atoms with Gasteiger partial charge in [0.15, 0.2) is 0 Å². The van der Waals surface area contributed by atoms with Crippen molar-refractivity contribution in [2.75, 3.05) is 20.1 Å². The summed E-state index contributed by atoms with van der Waals surface area (Å²) < 4.78 is 0. The normalized spacial score (nSPS) is 36.0. The van der Waals surface area contributed by atoms with Gasteiger partial charge in [0.1, 0.15) is 0 Å². The molecule has 112 valence electrons. The third kappa shape index (κ3) is 3.52. The fourth-order valence-electron chi connectivity index (χ4n) is 4.27. The van der Waals surface area contributed by atoms with Crippen LogP contribution in [-0.2, 0) is 0 Å². The Kier molecular flexibility index (Phi) is 4.94. The molecule has 2 aliphatic rings. The van der Waals surface area contributed by atoms with Crippen LogP contribution in [0, 0.1) is 17.8 Å². The number of likely N-dealkylation sites (tertiary alicyclic amines) is 1. The first-order valence-corrected chi connectivity index (χ1v) is 8.36. The van der Waals surface area contributed by atoms with Gasteiger partial charge < -0.3 is 5.32 Å². The highest BCUT2D eigenvalue weighted by molar-refractivity contribution is 4.93. The zero-order chi connectivity index (χ0) is 14.0. The van der Waals surface area contributed by atoms with Crippen molar-refractivity contribution in [3.8, 4) is 0 Å². The second kappa shape index (κ2) is 6.13. The van der Waals surface area contributed by atoms with Gasteiger partial charge in [0.05, 0.1) is 0 Å². The molecule has 0 spiro atoms. The van der Waals surface area contributed by atoms with Gasteiger partial charge in [0.25, 0.3) is 0 Å². The van der Waals surface area contributed by atoms with Gasteiger partial charge in [0, 0.05) is 18.1 Å². The maximum Gasteiger partial charge on any atom is 0.0153 e. The van der Waals surface area contributed by atoms with Crippen LogP contribution in [0.15, 0.2) is 0 Å². The molecule has 3 atom stereocenters. The van der Waals surface area contributed by atoms with Crippen molar-refractivity contribution >= 4 is 0 Å². The van der Waals surface area contributed by atoms with E-state index in [0.717, 1.165) is 23.8 Å². The molecular formula is C17H34N2. The molecule has 3 unspecified atom stereocenters. The molecule has 1 N–H and O–H groups in total. The second-order valence-electron chi connectivity index (χ2n) is 7.83. The van der Waals surface area contributed by atoms with Crippen LogP contribution in [0.3, 0.4) is 0 Å². The Morgan fingerprint density at radius 1 is 1.26 bits per heavy atom. The summed E-state index contributed by atoms with van der Waals surface area (Å²) in [6, 6.07) is 0.742. The number of hydrogen-bond donors (Lipinski definition) is 1. The van der Waals surface area contributed by atoms with E-state index in [0.29, 0.717) is 5.54 Å². The zero-order valence-corrected chi connectivity index (χ0v) is 13.7. The van der Waals surface area contributed by atoms with E-state index in [2.05, 4.69) is 45.0 Å². The van der Waals surface area contributed by atoms with Gasteiger partial charge in [-0.2, -0.15) is 0 Å². The Labute approximate surface area is 120 Å². The lowest BCUT2D eigenvalue weighted by molar-refractivity contribution is 0.0911. The molecule has 0 aromatic heterocycles. The molecule has 1 saturated carbocycles. The summed E-state index contributed by atoms with van der Waals surface area (Å²) >= 11 is 0. The molecule has 19 heavy (non-hydrogen) atoms. The van der Waals surface area contributed by atoms with Crippen LogP contribution in [0.4, 0.5) is 0 Å². The molecule has 1 saturated heterocycles. The molecule has 0 bridgehead atoms. The van der Waals surface area contributed by atoms with E-state index in [1.54, 1.807) is 0 Å². The Morgan fingerprint density at radius 3 is 2.53 bits per heavy atom. The minimum absolute atomic E-state index is 0.434. The quantitative estimate of drug-likeness (QED) is 0.837. The predicted octanol–water partition coefficient (Wildman–Crippen LogP) is 3.52. The third-order valence-corrected chi connectivity index (χ3v) is 5.86. The smallest absolute Gasteiger partial charge is 0.0153 e. The van der Waals surface area contributed by atoms with Crippen molar-refractivity contribution in [3.63, 3.8) is 0 Å². The van der Waals surface area contributed by atoms with E-state index in [4.69, 9.17) is 0 Å². The fourth-order valence-corrected chi connectivity index (χ4v) is 4.27. The number of nitrogens with zero attached hydrogens (tertiary/aromatic N) is 1. The summed E-state index contributed by atoms with van der Waals surface area (Å²) in [6.45, 7) is 12.3. The minimum Gasteiger partial charge on any atom is -0.317 e. The van der Waals surface area contributed by atoms with Crippen LogP contribution >= 0.6 is 0 Å². The van der Waals surface area contributed by atoms with Crippen LogP contribution in [0.25, 0.3) is 0 Å². The molecule has 2 heteroatoms. The van der Waals surface area contributed by atoms with Crippen LogP contribution in [-0.4, -0.2) is 36.6 Å². The Balaban J connectivity index is 1.98. The van der Waals surface area contributed by atoms with Crippen molar-refractivity contribution in [3.05, 3.63) is 0 Å². The molecule has 1 aliphatic carbocycles. The largest absolute Gasteiger partial charge is 0.317 e. The first-order chi connectivity index (χ1) is 8.94. The lowest BCUT2D eigenvalue weighted by Crippen LogP contribution is -2.48. The molecule has 2 rings (SSSR count). The lowest BCUT2D eigenvalue weighted by atomic mass is 9.73. The summed E-state index contributed by atoms with van der Waals surface area (Å²) in [5.41, 5.74) is 0.434. The monoisotopic (exact) mass is 266 g/mol. The average Bonchev–Trinajstić information content (AvgIpc) is 2.68. The highest BCUT2D eigenvalue weighted by Crippen LogP contribution is 2.37. The van der Waals surface area contributed by atoms with Gasteiger partial charge in [-0.3, -0.25) is 4.90 Å². The van der Waals surface area contributed by atoms with E-state index < -0.39 is 0 Å². The lowest BCUT2D eigenvalue weighted by Gasteiger charge is -2.42. The summed E-state index contributed by atoms with van der Waals surface area (Å²) in [4.78, 5) is 2.75. The van der Waals surface area contributed by atoms with E-state index >= 15 is 0 Å². The van der Waals surface area contributed by atoms with Crippen molar-refractivity contribution in [1.29, 1.82) is 0 Å². The third-order valence-electron chi connectivity index (χ3n) is 5.86.